The molecule has 0 radical (unpaired) electrons. The fraction of sp³-hybridized carbons (Fsp3) is 1.00. The molecule has 0 aliphatic heterocycles. The van der Waals surface area contributed by atoms with E-state index in [-0.39, 0.29) is 0 Å². The minimum absolute atomic E-state index is 0.978. The van der Waals surface area contributed by atoms with Crippen LogP contribution >= 0.6 is 0 Å². The van der Waals surface area contributed by atoms with E-state index in [9.17, 15) is 0 Å². The van der Waals surface area contributed by atoms with Gasteiger partial charge in [0.05, 0.1) is 0 Å². The van der Waals surface area contributed by atoms with E-state index in [1.54, 1.807) is 0 Å². The molecule has 0 heterocycles. The van der Waals surface area contributed by atoms with Crippen LogP contribution in [0.4, 0.5) is 0 Å². The van der Waals surface area contributed by atoms with Gasteiger partial charge in [-0.1, -0.05) is 0 Å². The van der Waals surface area contributed by atoms with Gasteiger partial charge in [0, 0.05) is 0 Å². The first-order chi connectivity index (χ1) is 2.56. The predicted octanol–water partition coefficient (Wildman–Crippen LogP) is -1.94. The predicted molar refractivity (Wildman–Crippen MR) is 28.3 cm³/mol. The van der Waals surface area contributed by atoms with Crippen molar-refractivity contribution in [3.8, 4) is 0 Å². The molecule has 0 aliphatic rings. The number of hydrogen-bond donors (Lipinski definition) is 0. The van der Waals surface area contributed by atoms with E-state index in [2.05, 4.69) is 21.7 Å². The first-order valence-electron chi connectivity index (χ1n) is 2.11. The summed E-state index contributed by atoms with van der Waals surface area (Å²) in [5, 5.41) is 0. The second kappa shape index (κ2) is 2.15. The third-order valence-electron chi connectivity index (χ3n) is 0.802. The molecule has 0 saturated heterocycles. The summed E-state index contributed by atoms with van der Waals surface area (Å²) in [5.41, 5.74) is 0. The number of alkyl halides is 4. The van der Waals surface area contributed by atoms with E-state index < -0.39 is 18.4 Å². The molecule has 0 aromatic carbocycles. The van der Waals surface area contributed by atoms with Gasteiger partial charge in [0.25, 0.3) is 0 Å². The zero-order valence-corrected chi connectivity index (χ0v) is 7.24. The van der Waals surface area contributed by atoms with Crippen LogP contribution in [0, 0.1) is 0 Å². The Bertz CT molecular complexity index is 33.7. The summed E-state index contributed by atoms with van der Waals surface area (Å²) in [7, 11) is 0. The van der Waals surface area contributed by atoms with Gasteiger partial charge in [-0.05, 0) is 0 Å². The van der Waals surface area contributed by atoms with Crippen molar-refractivity contribution in [1.29, 1.82) is 0 Å². The van der Waals surface area contributed by atoms with Gasteiger partial charge in [0.1, 0.15) is 0 Å². The van der Waals surface area contributed by atoms with Crippen molar-refractivity contribution >= 4 is 0 Å². The summed E-state index contributed by atoms with van der Waals surface area (Å²) in [4.78, 5) is 7.27. The Morgan fingerprint density at radius 1 is 1.17 bits per heavy atom. The van der Waals surface area contributed by atoms with Gasteiger partial charge in [-0.25, -0.2) is 0 Å². The zero-order valence-electron chi connectivity index (χ0n) is 5.09. The van der Waals surface area contributed by atoms with E-state index in [1.807, 2.05) is 0 Å². The average Bonchev–Trinajstić information content (AvgIpc) is 1.35. The van der Waals surface area contributed by atoms with Gasteiger partial charge in [-0.15, -0.1) is 0 Å². The molecule has 0 fully saturated rings. The molecule has 0 aliphatic carbocycles. The third-order valence-corrected chi connectivity index (χ3v) is 5.38. The quantitative estimate of drug-likeness (QED) is 0.342. The van der Waals surface area contributed by atoms with Crippen molar-refractivity contribution in [2.75, 3.05) is 19.2 Å². The van der Waals surface area contributed by atoms with Crippen LogP contribution in [0.5, 0.6) is 0 Å². The topological polar surface area (TPSA) is 0 Å². The van der Waals surface area contributed by atoms with Crippen molar-refractivity contribution in [2.24, 2.45) is 0 Å². The molecule has 42 valence electrons. The average molecular weight is 201 g/mol. The van der Waals surface area contributed by atoms with Crippen LogP contribution in [0.2, 0.25) is 0 Å². The van der Waals surface area contributed by atoms with Crippen molar-refractivity contribution in [2.45, 2.75) is 6.92 Å². The normalized spacial score (nSPS) is 14.7. The van der Waals surface area contributed by atoms with Gasteiger partial charge in [0.2, 0.25) is 0 Å². The van der Waals surface area contributed by atoms with Gasteiger partial charge in [0.15, 0.2) is 0 Å². The molecule has 0 aromatic heterocycles. The molecule has 0 saturated carbocycles. The standard InChI is InChI=1S/C5H14I/c1-5-6(2,3)4/h5H2,1-4H3/q-1. The van der Waals surface area contributed by atoms with E-state index in [4.69, 9.17) is 0 Å². The SMILES string of the molecule is CC[I-](C)(C)C. The Hall–Kier alpha value is 0.730. The van der Waals surface area contributed by atoms with Crippen LogP contribution in [-0.2, 0) is 0 Å². The van der Waals surface area contributed by atoms with Crippen LogP contribution in [0.1, 0.15) is 6.92 Å². The van der Waals surface area contributed by atoms with Crippen molar-refractivity contribution < 1.29 is 18.4 Å². The Kier molecular flexibility index (Phi) is 2.41. The van der Waals surface area contributed by atoms with E-state index in [0.29, 0.717) is 0 Å². The van der Waals surface area contributed by atoms with Gasteiger partial charge < -0.3 is 0 Å². The van der Waals surface area contributed by atoms with Gasteiger partial charge in [-0.2, -0.15) is 0 Å². The summed E-state index contributed by atoms with van der Waals surface area (Å²) in [6, 6.07) is 0. The number of hydrogen-bond acceptors (Lipinski definition) is 0. The van der Waals surface area contributed by atoms with Crippen molar-refractivity contribution in [1.82, 2.24) is 0 Å². The van der Waals surface area contributed by atoms with Crippen molar-refractivity contribution in [3.63, 3.8) is 0 Å². The monoisotopic (exact) mass is 201 g/mol. The molecule has 0 nitrogen and oxygen atoms in total. The third kappa shape index (κ3) is 4.73. The molecular formula is C5H14I-. The molecule has 0 N–H and O–H groups in total. The van der Waals surface area contributed by atoms with Crippen LogP contribution in [0.3, 0.4) is 0 Å². The zero-order chi connectivity index (χ0) is 5.21. The summed E-state index contributed by atoms with van der Waals surface area (Å²) in [5.74, 6) is 0. The first kappa shape index (κ1) is 6.73. The molecule has 0 aromatic rings. The minimum atomic E-state index is -0.978. The van der Waals surface area contributed by atoms with Crippen LogP contribution in [0.15, 0.2) is 0 Å². The molecule has 0 spiro atoms. The fourth-order valence-corrected chi connectivity index (χ4v) is 0. The maximum absolute atomic E-state index is 2.42. The summed E-state index contributed by atoms with van der Waals surface area (Å²) in [6.07, 6.45) is 0. The molecule has 0 atom stereocenters. The second-order valence-corrected chi connectivity index (χ2v) is 14.8. The summed E-state index contributed by atoms with van der Waals surface area (Å²) < 4.78 is 1.45. The Labute approximate surface area is 44.8 Å². The van der Waals surface area contributed by atoms with E-state index >= 15 is 0 Å². The summed E-state index contributed by atoms with van der Waals surface area (Å²) in [6.45, 7) is 2.29. The molecular weight excluding hydrogens is 187 g/mol. The molecule has 0 rings (SSSR count). The molecule has 6 heavy (non-hydrogen) atoms. The molecule has 0 amide bonds. The first-order valence-corrected chi connectivity index (χ1v) is 10.1. The van der Waals surface area contributed by atoms with Crippen LogP contribution in [0.25, 0.3) is 0 Å². The number of halogens is 1. The Morgan fingerprint density at radius 2 is 1.33 bits per heavy atom. The Morgan fingerprint density at radius 3 is 1.33 bits per heavy atom. The maximum atomic E-state index is 2.42. The van der Waals surface area contributed by atoms with Crippen LogP contribution in [-0.4, -0.2) is 19.2 Å². The molecule has 0 bridgehead atoms. The number of rotatable bonds is 1. The fourth-order valence-electron chi connectivity index (χ4n) is 0. The van der Waals surface area contributed by atoms with Gasteiger partial charge >= 0.3 is 44.6 Å². The van der Waals surface area contributed by atoms with E-state index in [0.717, 1.165) is 0 Å². The molecule has 1 heteroatoms. The van der Waals surface area contributed by atoms with Gasteiger partial charge in [-0.3, -0.25) is 0 Å². The van der Waals surface area contributed by atoms with Crippen LogP contribution < -0.4 is 18.4 Å². The van der Waals surface area contributed by atoms with Crippen molar-refractivity contribution in [3.05, 3.63) is 0 Å². The van der Waals surface area contributed by atoms with E-state index in [1.165, 1.54) is 4.43 Å². The second-order valence-electron chi connectivity index (χ2n) is 2.20. The Balaban J connectivity index is 3.17. The molecule has 0 unspecified atom stereocenters. The summed E-state index contributed by atoms with van der Waals surface area (Å²) >= 11 is -0.978.